The molecule has 1 unspecified atom stereocenters. The van der Waals surface area contributed by atoms with E-state index in [0.717, 1.165) is 89.9 Å². The number of carbonyl (C=O) groups is 3. The molecule has 0 amide bonds. The number of hydrogen-bond donors (Lipinski definition) is 0. The largest absolute Gasteiger partial charge is 0.462 e. The lowest BCUT2D eigenvalue weighted by molar-refractivity contribution is -0.167. The zero-order valence-corrected chi connectivity index (χ0v) is 51.4. The van der Waals surface area contributed by atoms with Crippen LogP contribution in [0.2, 0.25) is 0 Å². The molecule has 78 heavy (non-hydrogen) atoms. The predicted molar refractivity (Wildman–Crippen MR) is 339 cm³/mol. The van der Waals surface area contributed by atoms with Gasteiger partial charge in [0.1, 0.15) is 13.2 Å². The summed E-state index contributed by atoms with van der Waals surface area (Å²) in [5, 5.41) is 0. The van der Waals surface area contributed by atoms with Gasteiger partial charge in [0.25, 0.3) is 0 Å². The van der Waals surface area contributed by atoms with Crippen molar-refractivity contribution in [2.45, 2.75) is 329 Å². The lowest BCUT2D eigenvalue weighted by atomic mass is 10.0. The third kappa shape index (κ3) is 63.2. The van der Waals surface area contributed by atoms with Gasteiger partial charge in [-0.2, -0.15) is 0 Å². The van der Waals surface area contributed by atoms with Crippen molar-refractivity contribution in [2.75, 3.05) is 13.2 Å². The fourth-order valence-corrected chi connectivity index (χ4v) is 9.33. The van der Waals surface area contributed by atoms with Crippen molar-refractivity contribution in [2.24, 2.45) is 0 Å². The van der Waals surface area contributed by atoms with Crippen molar-refractivity contribution in [3.8, 4) is 0 Å². The second-order valence-corrected chi connectivity index (χ2v) is 22.0. The molecule has 0 radical (unpaired) electrons. The number of unbranched alkanes of at least 4 members (excludes halogenated alkanes) is 33. The van der Waals surface area contributed by atoms with E-state index in [2.05, 4.69) is 118 Å². The highest BCUT2D eigenvalue weighted by Crippen LogP contribution is 2.16. The number of allylic oxidation sites excluding steroid dienone is 16. The number of carbonyl (C=O) groups excluding carboxylic acids is 3. The smallest absolute Gasteiger partial charge is 0.306 e. The highest BCUT2D eigenvalue weighted by molar-refractivity contribution is 5.71. The maximum Gasteiger partial charge on any atom is 0.306 e. The summed E-state index contributed by atoms with van der Waals surface area (Å²) in [7, 11) is 0. The van der Waals surface area contributed by atoms with Crippen molar-refractivity contribution in [1.29, 1.82) is 0 Å². The van der Waals surface area contributed by atoms with Gasteiger partial charge in [-0.1, -0.05) is 285 Å². The Labute approximate surface area is 483 Å². The van der Waals surface area contributed by atoms with Gasteiger partial charge in [0.15, 0.2) is 6.10 Å². The van der Waals surface area contributed by atoms with E-state index >= 15 is 0 Å². The number of rotatable bonds is 60. The summed E-state index contributed by atoms with van der Waals surface area (Å²) < 4.78 is 16.9. The van der Waals surface area contributed by atoms with Crippen LogP contribution in [0.5, 0.6) is 0 Å². The molecule has 0 aliphatic rings. The molecular formula is C72H124O6. The van der Waals surface area contributed by atoms with Gasteiger partial charge in [0.05, 0.1) is 0 Å². The van der Waals surface area contributed by atoms with Gasteiger partial charge in [0, 0.05) is 19.3 Å². The molecule has 0 rings (SSSR count). The Balaban J connectivity index is 4.39. The molecule has 6 nitrogen and oxygen atoms in total. The third-order valence-corrected chi connectivity index (χ3v) is 14.3. The van der Waals surface area contributed by atoms with Crippen molar-refractivity contribution in [3.63, 3.8) is 0 Å². The van der Waals surface area contributed by atoms with Crippen molar-refractivity contribution in [3.05, 3.63) is 97.2 Å². The van der Waals surface area contributed by atoms with Crippen molar-refractivity contribution < 1.29 is 28.6 Å². The van der Waals surface area contributed by atoms with E-state index in [-0.39, 0.29) is 37.5 Å². The molecule has 0 aromatic heterocycles. The van der Waals surface area contributed by atoms with Crippen LogP contribution in [-0.4, -0.2) is 37.2 Å². The molecule has 448 valence electrons. The molecule has 0 aliphatic heterocycles. The van der Waals surface area contributed by atoms with Crippen LogP contribution >= 0.6 is 0 Å². The normalized spacial score (nSPS) is 12.7. The van der Waals surface area contributed by atoms with E-state index in [1.54, 1.807) is 0 Å². The quantitative estimate of drug-likeness (QED) is 0.0261. The minimum absolute atomic E-state index is 0.0975. The number of hydrogen-bond acceptors (Lipinski definition) is 6. The van der Waals surface area contributed by atoms with Gasteiger partial charge in [-0.25, -0.2) is 0 Å². The summed E-state index contributed by atoms with van der Waals surface area (Å²) in [6.45, 7) is 6.49. The van der Waals surface area contributed by atoms with E-state index in [0.29, 0.717) is 19.3 Å². The average Bonchev–Trinajstić information content (AvgIpc) is 3.44. The number of esters is 3. The van der Waals surface area contributed by atoms with Crippen LogP contribution in [0.4, 0.5) is 0 Å². The summed E-state index contributed by atoms with van der Waals surface area (Å²) in [6, 6.07) is 0. The first kappa shape index (κ1) is 74.3. The minimum Gasteiger partial charge on any atom is -0.462 e. The summed E-state index contributed by atoms with van der Waals surface area (Å²) in [4.78, 5) is 38.3. The van der Waals surface area contributed by atoms with Crippen LogP contribution in [0.3, 0.4) is 0 Å². The van der Waals surface area contributed by atoms with Crippen LogP contribution in [0.1, 0.15) is 323 Å². The molecule has 0 spiro atoms. The molecule has 0 aromatic rings. The maximum atomic E-state index is 12.9. The van der Waals surface area contributed by atoms with Crippen LogP contribution in [0, 0.1) is 0 Å². The van der Waals surface area contributed by atoms with Crippen LogP contribution in [0.25, 0.3) is 0 Å². The van der Waals surface area contributed by atoms with Gasteiger partial charge in [0.2, 0.25) is 0 Å². The Morgan fingerprint density at radius 3 is 0.859 bits per heavy atom. The van der Waals surface area contributed by atoms with Crippen molar-refractivity contribution in [1.82, 2.24) is 0 Å². The Morgan fingerprint density at radius 1 is 0.269 bits per heavy atom. The second kappa shape index (κ2) is 65.8. The summed E-state index contributed by atoms with van der Waals surface area (Å²) in [5.74, 6) is -0.955. The molecule has 0 saturated heterocycles. The number of ether oxygens (including phenoxy) is 3. The lowest BCUT2D eigenvalue weighted by Gasteiger charge is -2.18. The molecule has 0 heterocycles. The van der Waals surface area contributed by atoms with E-state index < -0.39 is 6.10 Å². The van der Waals surface area contributed by atoms with E-state index in [4.69, 9.17) is 14.2 Å². The molecular weight excluding hydrogens is 961 g/mol. The molecule has 0 aromatic carbocycles. The minimum atomic E-state index is -0.807. The predicted octanol–water partition coefficient (Wildman–Crippen LogP) is 22.8. The fraction of sp³-hybridized carbons (Fsp3) is 0.736. The Hall–Kier alpha value is -3.67. The van der Waals surface area contributed by atoms with Gasteiger partial charge in [-0.15, -0.1) is 0 Å². The van der Waals surface area contributed by atoms with Crippen LogP contribution in [-0.2, 0) is 28.6 Å². The van der Waals surface area contributed by atoms with Gasteiger partial charge in [-0.05, 0) is 116 Å². The molecule has 0 fully saturated rings. The molecule has 0 aliphatic carbocycles. The van der Waals surface area contributed by atoms with E-state index in [1.807, 2.05) is 0 Å². The molecule has 0 saturated carbocycles. The first-order valence-electron chi connectivity index (χ1n) is 33.2. The maximum absolute atomic E-state index is 12.9. The molecule has 6 heteroatoms. The van der Waals surface area contributed by atoms with E-state index in [9.17, 15) is 14.4 Å². The monoisotopic (exact) mass is 1080 g/mol. The first-order valence-corrected chi connectivity index (χ1v) is 33.2. The SMILES string of the molecule is CC/C=C\C/C=C\C/C=C\C/C=C\C/C=C\CCCC(=O)OCC(COC(=O)CCCCCCCCCCCCCCC/C=C\CCCCCCCCCC)OC(=O)CCCCCCCCC/C=C\C/C=C\CCCCCC. The average molecular weight is 1090 g/mol. The topological polar surface area (TPSA) is 78.9 Å². The van der Waals surface area contributed by atoms with Gasteiger partial charge >= 0.3 is 17.9 Å². The summed E-state index contributed by atoms with van der Waals surface area (Å²) >= 11 is 0. The zero-order valence-electron chi connectivity index (χ0n) is 51.4. The standard InChI is InChI=1S/C72H124O6/c1-4-7-10-13-16-19-22-25-28-31-33-34-35-36-37-38-39-42-44-47-50-53-56-59-62-65-71(74)77-68-69(67-76-70(73)64-61-58-55-52-49-46-43-40-30-27-24-21-18-15-12-9-6-3)78-72(75)66-63-60-57-54-51-48-45-41-32-29-26-23-20-17-14-11-8-5-2/h9,12,18,20-21,23,27,29-33,43,46,52,55,69H,4-8,10-11,13-17,19,22,24-26,28,34-42,44-45,47-51,53-54,56-68H2,1-3H3/b12-9-,21-18-,23-20-,30-27-,32-29-,33-31-,46-43-,55-52-. The fourth-order valence-electron chi connectivity index (χ4n) is 9.33. The molecule has 1 atom stereocenters. The summed E-state index contributed by atoms with van der Waals surface area (Å²) in [6.07, 6.45) is 88.6. The van der Waals surface area contributed by atoms with Gasteiger partial charge < -0.3 is 14.2 Å². The molecule has 0 bridgehead atoms. The highest BCUT2D eigenvalue weighted by atomic mass is 16.6. The summed E-state index contributed by atoms with van der Waals surface area (Å²) in [5.41, 5.74) is 0. The zero-order chi connectivity index (χ0) is 56.4. The van der Waals surface area contributed by atoms with Crippen LogP contribution in [0.15, 0.2) is 97.2 Å². The van der Waals surface area contributed by atoms with Gasteiger partial charge in [-0.3, -0.25) is 14.4 Å². The lowest BCUT2D eigenvalue weighted by Crippen LogP contribution is -2.30. The third-order valence-electron chi connectivity index (χ3n) is 14.3. The molecule has 0 N–H and O–H groups in total. The van der Waals surface area contributed by atoms with Crippen LogP contribution < -0.4 is 0 Å². The first-order chi connectivity index (χ1) is 38.5. The van der Waals surface area contributed by atoms with E-state index in [1.165, 1.54) is 186 Å². The Bertz CT molecular complexity index is 1530. The van der Waals surface area contributed by atoms with Crippen molar-refractivity contribution >= 4 is 17.9 Å². The highest BCUT2D eigenvalue weighted by Gasteiger charge is 2.19. The Morgan fingerprint density at radius 2 is 0.513 bits per heavy atom. The Kier molecular flexibility index (Phi) is 62.7. The second-order valence-electron chi connectivity index (χ2n) is 22.0.